The first-order valence-electron chi connectivity index (χ1n) is 8.26. The van der Waals surface area contributed by atoms with Gasteiger partial charge in [-0.05, 0) is 52.3 Å². The minimum atomic E-state index is -4.61. The lowest BCUT2D eigenvalue weighted by atomic mass is 10.1. The van der Waals surface area contributed by atoms with Crippen LogP contribution in [0.4, 0.5) is 13.2 Å². The molecule has 0 aliphatic heterocycles. The molecule has 0 atom stereocenters. The van der Waals surface area contributed by atoms with Crippen LogP contribution in [0.1, 0.15) is 5.69 Å². The molecule has 0 fully saturated rings. The van der Waals surface area contributed by atoms with Crippen molar-refractivity contribution in [3.8, 4) is 33.3 Å². The van der Waals surface area contributed by atoms with Crippen LogP contribution in [0.5, 0.6) is 11.5 Å². The predicted octanol–water partition coefficient (Wildman–Crippen LogP) is 5.92. The molecule has 0 aliphatic rings. The van der Waals surface area contributed by atoms with Crippen molar-refractivity contribution in [2.75, 3.05) is 14.2 Å². The zero-order chi connectivity index (χ0) is 20.8. The van der Waals surface area contributed by atoms with Crippen LogP contribution in [0.15, 0.2) is 46.3 Å². The number of aromatic nitrogens is 3. The zero-order valence-electron chi connectivity index (χ0n) is 15.1. The fraction of sp³-hybridized carbons (Fsp3) is 0.158. The maximum Gasteiger partial charge on any atom is 0.433 e. The van der Waals surface area contributed by atoms with Crippen LogP contribution in [0.3, 0.4) is 0 Å². The van der Waals surface area contributed by atoms with E-state index in [0.29, 0.717) is 22.8 Å². The third-order valence-corrected chi connectivity index (χ3v) is 5.87. The van der Waals surface area contributed by atoms with Crippen LogP contribution in [0, 0.1) is 0 Å². The van der Waals surface area contributed by atoms with Gasteiger partial charge in [-0.2, -0.15) is 18.3 Å². The molecule has 29 heavy (non-hydrogen) atoms. The Hall–Kier alpha value is -2.59. The number of nitrogens with zero attached hydrogens (tertiary/aromatic N) is 3. The van der Waals surface area contributed by atoms with Gasteiger partial charge in [-0.1, -0.05) is 0 Å². The lowest BCUT2D eigenvalue weighted by Crippen LogP contribution is -2.13. The Morgan fingerprint density at radius 2 is 1.72 bits per heavy atom. The highest BCUT2D eigenvalue weighted by Gasteiger charge is 2.35. The third kappa shape index (κ3) is 3.69. The number of benzene rings is 1. The van der Waals surface area contributed by atoms with Crippen LogP contribution in [0.25, 0.3) is 27.5 Å². The van der Waals surface area contributed by atoms with Crippen LogP contribution in [-0.4, -0.2) is 28.8 Å². The van der Waals surface area contributed by atoms with Crippen LogP contribution in [-0.2, 0) is 6.18 Å². The van der Waals surface area contributed by atoms with Crippen LogP contribution >= 0.6 is 27.3 Å². The van der Waals surface area contributed by atoms with Crippen molar-refractivity contribution in [2.45, 2.75) is 6.18 Å². The van der Waals surface area contributed by atoms with E-state index >= 15 is 0 Å². The van der Waals surface area contributed by atoms with Gasteiger partial charge in [0.2, 0.25) is 0 Å². The molecule has 0 unspecified atom stereocenters. The quantitative estimate of drug-likeness (QED) is 0.361. The van der Waals surface area contributed by atoms with E-state index in [-0.39, 0.29) is 11.3 Å². The van der Waals surface area contributed by atoms with E-state index in [1.807, 2.05) is 6.07 Å². The van der Waals surface area contributed by atoms with E-state index in [0.717, 1.165) is 19.2 Å². The maximum absolute atomic E-state index is 13.8. The average molecular weight is 484 g/mol. The standard InChI is InChI=1S/C19H13BrF3N3O2S/c1-27-13-4-3-10(7-14(13)28-2)11-8-16(19(21,22)23)26-18(24-11)9-12(25-26)15-5-6-17(20)29-15/h3-9H,1-2H3. The van der Waals surface area contributed by atoms with Crippen molar-refractivity contribution >= 4 is 32.9 Å². The van der Waals surface area contributed by atoms with E-state index in [4.69, 9.17) is 9.47 Å². The van der Waals surface area contributed by atoms with E-state index in [1.54, 1.807) is 24.3 Å². The number of methoxy groups -OCH3 is 2. The molecule has 0 radical (unpaired) electrons. The zero-order valence-corrected chi connectivity index (χ0v) is 17.5. The highest BCUT2D eigenvalue weighted by atomic mass is 79.9. The Bertz CT molecular complexity index is 1200. The number of ether oxygens (including phenoxy) is 2. The van der Waals surface area contributed by atoms with Gasteiger partial charge in [0.1, 0.15) is 5.69 Å². The SMILES string of the molecule is COc1ccc(-c2cc(C(F)(F)F)n3nc(-c4ccc(Br)s4)cc3n2)cc1OC. The van der Waals surface area contributed by atoms with Crippen molar-refractivity contribution in [2.24, 2.45) is 0 Å². The second-order valence-corrected chi connectivity index (χ2v) is 8.46. The topological polar surface area (TPSA) is 48.7 Å². The summed E-state index contributed by atoms with van der Waals surface area (Å²) in [6.07, 6.45) is -4.61. The van der Waals surface area contributed by atoms with Crippen molar-refractivity contribution in [3.05, 3.63) is 51.9 Å². The first kappa shape index (κ1) is 19.7. The van der Waals surface area contributed by atoms with E-state index in [1.165, 1.54) is 31.6 Å². The van der Waals surface area contributed by atoms with Gasteiger partial charge >= 0.3 is 6.18 Å². The molecule has 4 aromatic rings. The molecule has 0 amide bonds. The lowest BCUT2D eigenvalue weighted by molar-refractivity contribution is -0.142. The molecule has 0 spiro atoms. The minimum Gasteiger partial charge on any atom is -0.493 e. The van der Waals surface area contributed by atoms with Crippen LogP contribution < -0.4 is 9.47 Å². The predicted molar refractivity (Wildman–Crippen MR) is 108 cm³/mol. The largest absolute Gasteiger partial charge is 0.493 e. The molecule has 0 N–H and O–H groups in total. The number of thiophene rings is 1. The van der Waals surface area contributed by atoms with Gasteiger partial charge in [0.25, 0.3) is 0 Å². The number of halogens is 4. The van der Waals surface area contributed by atoms with Gasteiger partial charge in [0.15, 0.2) is 22.8 Å². The first-order chi connectivity index (χ1) is 13.8. The smallest absolute Gasteiger partial charge is 0.433 e. The van der Waals surface area contributed by atoms with Gasteiger partial charge in [-0.3, -0.25) is 0 Å². The molecule has 0 saturated heterocycles. The molecule has 5 nitrogen and oxygen atoms in total. The number of rotatable bonds is 4. The van der Waals surface area contributed by atoms with E-state index in [2.05, 4.69) is 26.0 Å². The monoisotopic (exact) mass is 483 g/mol. The van der Waals surface area contributed by atoms with E-state index in [9.17, 15) is 13.2 Å². The number of alkyl halides is 3. The molecule has 3 heterocycles. The molecule has 0 aliphatic carbocycles. The maximum atomic E-state index is 13.8. The molecule has 0 saturated carbocycles. The highest BCUT2D eigenvalue weighted by Crippen LogP contribution is 2.37. The summed E-state index contributed by atoms with van der Waals surface area (Å²) in [5.41, 5.74) is 0.239. The summed E-state index contributed by atoms with van der Waals surface area (Å²) in [7, 11) is 2.95. The fourth-order valence-electron chi connectivity index (χ4n) is 2.89. The molecule has 4 rings (SSSR count). The highest BCUT2D eigenvalue weighted by molar-refractivity contribution is 9.11. The summed E-state index contributed by atoms with van der Waals surface area (Å²) in [5, 5.41) is 4.14. The molecule has 0 bridgehead atoms. The summed E-state index contributed by atoms with van der Waals surface area (Å²) >= 11 is 4.73. The Labute approximate surface area is 175 Å². The molecule has 10 heteroatoms. The normalized spacial score (nSPS) is 11.8. The van der Waals surface area contributed by atoms with E-state index < -0.39 is 11.9 Å². The van der Waals surface area contributed by atoms with Crippen molar-refractivity contribution in [1.82, 2.24) is 14.6 Å². The average Bonchev–Trinajstić information content (AvgIpc) is 3.31. The van der Waals surface area contributed by atoms with Crippen molar-refractivity contribution in [3.63, 3.8) is 0 Å². The van der Waals surface area contributed by atoms with Crippen molar-refractivity contribution < 1.29 is 22.6 Å². The Balaban J connectivity index is 1.92. The molecular formula is C19H13BrF3N3O2S. The van der Waals surface area contributed by atoms with Gasteiger partial charge in [-0.15, -0.1) is 11.3 Å². The van der Waals surface area contributed by atoms with Gasteiger partial charge in [-0.25, -0.2) is 9.50 Å². The summed E-state index contributed by atoms with van der Waals surface area (Å²) < 4.78 is 53.4. The van der Waals surface area contributed by atoms with Gasteiger partial charge in [0, 0.05) is 11.6 Å². The Morgan fingerprint density at radius 1 is 0.966 bits per heavy atom. The minimum absolute atomic E-state index is 0.101. The lowest BCUT2D eigenvalue weighted by Gasteiger charge is -2.12. The first-order valence-corrected chi connectivity index (χ1v) is 9.87. The second kappa shape index (κ2) is 7.34. The third-order valence-electron chi connectivity index (χ3n) is 4.22. The number of hydrogen-bond acceptors (Lipinski definition) is 5. The molecule has 1 aromatic carbocycles. The summed E-state index contributed by atoms with van der Waals surface area (Å²) in [6.45, 7) is 0. The Kier molecular flexibility index (Phi) is 4.99. The summed E-state index contributed by atoms with van der Waals surface area (Å²) in [6, 6.07) is 11.0. The van der Waals surface area contributed by atoms with Crippen LogP contribution in [0.2, 0.25) is 0 Å². The van der Waals surface area contributed by atoms with Gasteiger partial charge in [0.05, 0.1) is 28.6 Å². The fourth-order valence-corrected chi connectivity index (χ4v) is 4.23. The summed E-state index contributed by atoms with van der Waals surface area (Å²) in [5.74, 6) is 0.876. The van der Waals surface area contributed by atoms with Crippen molar-refractivity contribution in [1.29, 1.82) is 0 Å². The summed E-state index contributed by atoms with van der Waals surface area (Å²) in [4.78, 5) is 5.14. The number of fused-ring (bicyclic) bond motifs is 1. The van der Waals surface area contributed by atoms with Gasteiger partial charge < -0.3 is 9.47 Å². The molecular weight excluding hydrogens is 471 g/mol. The molecule has 3 aromatic heterocycles. The second-order valence-electron chi connectivity index (χ2n) is 6.00. The Morgan fingerprint density at radius 3 is 2.34 bits per heavy atom. The molecule has 150 valence electrons. The number of hydrogen-bond donors (Lipinski definition) is 0.